The Labute approximate surface area is 145 Å². The van der Waals surface area contributed by atoms with E-state index in [9.17, 15) is 13.2 Å². The van der Waals surface area contributed by atoms with Crippen LogP contribution in [0.15, 0.2) is 29.2 Å². The van der Waals surface area contributed by atoms with E-state index in [1.54, 1.807) is 19.1 Å². The Morgan fingerprint density at radius 2 is 2.24 bits per heavy atom. The normalized spacial score (nSPS) is 17.6. The molecule has 1 amide bonds. The summed E-state index contributed by atoms with van der Waals surface area (Å²) >= 11 is 0. The number of nitrogens with one attached hydrogen (secondary N) is 4. The minimum Gasteiger partial charge on any atom is -0.348 e. The predicted molar refractivity (Wildman–Crippen MR) is 90.3 cm³/mol. The average Bonchev–Trinajstić information content (AvgIpc) is 3.25. The molecule has 1 aromatic heterocycles. The quantitative estimate of drug-likeness (QED) is 0.556. The summed E-state index contributed by atoms with van der Waals surface area (Å²) in [6, 6.07) is 6.02. The van der Waals surface area contributed by atoms with Gasteiger partial charge in [-0.15, -0.1) is 0 Å². The summed E-state index contributed by atoms with van der Waals surface area (Å²) in [5.41, 5.74) is 0.309. The molecule has 25 heavy (non-hydrogen) atoms. The monoisotopic (exact) mass is 364 g/mol. The molecule has 0 bridgehead atoms. The van der Waals surface area contributed by atoms with Crippen LogP contribution >= 0.6 is 0 Å². The molecule has 0 unspecified atom stereocenters. The fourth-order valence-corrected chi connectivity index (χ4v) is 3.59. The van der Waals surface area contributed by atoms with Gasteiger partial charge < -0.3 is 10.6 Å². The van der Waals surface area contributed by atoms with E-state index in [1.807, 2.05) is 0 Å². The van der Waals surface area contributed by atoms with Crippen molar-refractivity contribution in [1.29, 1.82) is 0 Å². The fraction of sp³-hybridized carbons (Fsp3) is 0.400. The topological polar surface area (TPSA) is 129 Å². The maximum Gasteiger partial charge on any atom is 0.251 e. The Morgan fingerprint density at radius 3 is 2.92 bits per heavy atom. The SMILES string of the molecule is Cc1nc(CNS(=O)(=O)c2cccc(C(=O)N[C@@H]3CCNC3)c2)n[nH]1. The predicted octanol–water partition coefficient (Wildman–Crippen LogP) is -0.317. The van der Waals surface area contributed by atoms with Crippen molar-refractivity contribution in [1.82, 2.24) is 30.5 Å². The number of sulfonamides is 1. The van der Waals surface area contributed by atoms with Gasteiger partial charge in [-0.05, 0) is 38.1 Å². The molecule has 1 aliphatic rings. The maximum atomic E-state index is 12.4. The second-order valence-corrected chi connectivity index (χ2v) is 7.62. The molecule has 134 valence electrons. The van der Waals surface area contributed by atoms with Crippen molar-refractivity contribution in [2.24, 2.45) is 0 Å². The highest BCUT2D eigenvalue weighted by Crippen LogP contribution is 2.12. The molecule has 0 saturated carbocycles. The van der Waals surface area contributed by atoms with Gasteiger partial charge in [0.25, 0.3) is 5.91 Å². The number of benzene rings is 1. The number of aromatic amines is 1. The number of H-pyrrole nitrogens is 1. The Bertz CT molecular complexity index is 858. The first-order valence-electron chi connectivity index (χ1n) is 7.93. The van der Waals surface area contributed by atoms with E-state index in [4.69, 9.17) is 0 Å². The van der Waals surface area contributed by atoms with E-state index < -0.39 is 10.0 Å². The Morgan fingerprint density at radius 1 is 1.40 bits per heavy atom. The standard InChI is InChI=1S/C15H20N6O3S/c1-10-18-14(21-20-10)9-17-25(23,24)13-4-2-3-11(7-13)15(22)19-12-5-6-16-8-12/h2-4,7,12,16-17H,5-6,8-9H2,1H3,(H,19,22)(H,18,20,21)/t12-/m1/s1. The van der Waals surface area contributed by atoms with Crippen LogP contribution in [0.2, 0.25) is 0 Å². The summed E-state index contributed by atoms with van der Waals surface area (Å²) < 4.78 is 27.3. The molecular formula is C15H20N6O3S. The Hall–Kier alpha value is -2.30. The third-order valence-corrected chi connectivity index (χ3v) is 5.26. The number of carbonyl (C=O) groups is 1. The molecule has 3 rings (SSSR count). The van der Waals surface area contributed by atoms with Crippen LogP contribution in [0.5, 0.6) is 0 Å². The number of carbonyl (C=O) groups excluding carboxylic acids is 1. The minimum atomic E-state index is -3.77. The van der Waals surface area contributed by atoms with Crippen molar-refractivity contribution in [2.75, 3.05) is 13.1 Å². The highest BCUT2D eigenvalue weighted by Gasteiger charge is 2.20. The molecule has 2 heterocycles. The number of hydrogen-bond donors (Lipinski definition) is 4. The average molecular weight is 364 g/mol. The molecule has 2 aromatic rings. The van der Waals surface area contributed by atoms with Gasteiger partial charge in [-0.1, -0.05) is 6.07 Å². The van der Waals surface area contributed by atoms with Crippen LogP contribution in [0.3, 0.4) is 0 Å². The van der Waals surface area contributed by atoms with Crippen LogP contribution in [0.4, 0.5) is 0 Å². The van der Waals surface area contributed by atoms with Gasteiger partial charge in [-0.25, -0.2) is 18.1 Å². The van der Waals surface area contributed by atoms with Crippen LogP contribution in [-0.2, 0) is 16.6 Å². The van der Waals surface area contributed by atoms with Gasteiger partial charge in [0.05, 0.1) is 11.4 Å². The molecular weight excluding hydrogens is 344 g/mol. The van der Waals surface area contributed by atoms with Gasteiger partial charge in [-0.3, -0.25) is 9.89 Å². The number of nitrogens with zero attached hydrogens (tertiary/aromatic N) is 2. The second kappa shape index (κ2) is 7.30. The fourth-order valence-electron chi connectivity index (χ4n) is 2.56. The van der Waals surface area contributed by atoms with Gasteiger partial charge in [-0.2, -0.15) is 5.10 Å². The number of amides is 1. The summed E-state index contributed by atoms with van der Waals surface area (Å²) in [6.07, 6.45) is 0.862. The Kier molecular flexibility index (Phi) is 5.11. The highest BCUT2D eigenvalue weighted by molar-refractivity contribution is 7.89. The summed E-state index contributed by atoms with van der Waals surface area (Å²) in [6.45, 7) is 3.29. The zero-order chi connectivity index (χ0) is 17.9. The van der Waals surface area contributed by atoms with Crippen molar-refractivity contribution >= 4 is 15.9 Å². The Balaban J connectivity index is 1.69. The maximum absolute atomic E-state index is 12.4. The summed E-state index contributed by atoms with van der Waals surface area (Å²) in [5, 5.41) is 12.6. The molecule has 0 aliphatic carbocycles. The van der Waals surface area contributed by atoms with E-state index in [1.165, 1.54) is 12.1 Å². The molecule has 1 aromatic carbocycles. The zero-order valence-electron chi connectivity index (χ0n) is 13.7. The number of hydrogen-bond acceptors (Lipinski definition) is 6. The molecule has 1 fully saturated rings. The van der Waals surface area contributed by atoms with Gasteiger partial charge in [0.2, 0.25) is 10.0 Å². The molecule has 1 saturated heterocycles. The van der Waals surface area contributed by atoms with Gasteiger partial charge >= 0.3 is 0 Å². The molecule has 0 spiro atoms. The van der Waals surface area contributed by atoms with Gasteiger partial charge in [0.1, 0.15) is 5.82 Å². The molecule has 10 heteroatoms. The minimum absolute atomic E-state index is 0.0250. The second-order valence-electron chi connectivity index (χ2n) is 5.85. The lowest BCUT2D eigenvalue weighted by molar-refractivity contribution is 0.0940. The third-order valence-electron chi connectivity index (χ3n) is 3.87. The lowest BCUT2D eigenvalue weighted by Crippen LogP contribution is -2.36. The lowest BCUT2D eigenvalue weighted by Gasteiger charge is -2.12. The molecule has 1 aliphatic heterocycles. The summed E-state index contributed by atoms with van der Waals surface area (Å²) in [5.74, 6) is 0.674. The van der Waals surface area contributed by atoms with Crippen LogP contribution < -0.4 is 15.4 Å². The van der Waals surface area contributed by atoms with Crippen molar-refractivity contribution in [3.8, 4) is 0 Å². The van der Waals surface area contributed by atoms with Crippen LogP contribution in [0, 0.1) is 6.92 Å². The number of aromatic nitrogens is 3. The van der Waals surface area contributed by atoms with Crippen LogP contribution in [0.1, 0.15) is 28.4 Å². The van der Waals surface area contributed by atoms with Crippen LogP contribution in [0.25, 0.3) is 0 Å². The highest BCUT2D eigenvalue weighted by atomic mass is 32.2. The zero-order valence-corrected chi connectivity index (χ0v) is 14.6. The number of aryl methyl sites for hydroxylation is 1. The van der Waals surface area contributed by atoms with E-state index >= 15 is 0 Å². The number of rotatable bonds is 6. The van der Waals surface area contributed by atoms with E-state index in [0.29, 0.717) is 17.2 Å². The van der Waals surface area contributed by atoms with E-state index in [0.717, 1.165) is 19.5 Å². The van der Waals surface area contributed by atoms with Gasteiger partial charge in [0.15, 0.2) is 5.82 Å². The van der Waals surface area contributed by atoms with Gasteiger partial charge in [0, 0.05) is 18.2 Å². The molecule has 0 radical (unpaired) electrons. The molecule has 9 nitrogen and oxygen atoms in total. The van der Waals surface area contributed by atoms with E-state index in [-0.39, 0.29) is 23.4 Å². The van der Waals surface area contributed by atoms with Crippen molar-refractivity contribution < 1.29 is 13.2 Å². The summed E-state index contributed by atoms with van der Waals surface area (Å²) in [4.78, 5) is 16.4. The first kappa shape index (κ1) is 17.5. The van der Waals surface area contributed by atoms with E-state index in [2.05, 4.69) is 30.5 Å². The van der Waals surface area contributed by atoms with Crippen molar-refractivity contribution in [3.05, 3.63) is 41.5 Å². The van der Waals surface area contributed by atoms with Crippen LogP contribution in [-0.4, -0.2) is 48.6 Å². The smallest absolute Gasteiger partial charge is 0.251 e. The largest absolute Gasteiger partial charge is 0.348 e. The first-order chi connectivity index (χ1) is 11.9. The third kappa shape index (κ3) is 4.41. The van der Waals surface area contributed by atoms with Crippen molar-refractivity contribution in [3.63, 3.8) is 0 Å². The first-order valence-corrected chi connectivity index (χ1v) is 9.41. The summed E-state index contributed by atoms with van der Waals surface area (Å²) in [7, 11) is -3.77. The van der Waals surface area contributed by atoms with Crippen molar-refractivity contribution in [2.45, 2.75) is 30.8 Å². The lowest BCUT2D eigenvalue weighted by atomic mass is 10.2. The molecule has 1 atom stereocenters. The molecule has 4 N–H and O–H groups in total.